The van der Waals surface area contributed by atoms with Gasteiger partial charge in [-0.05, 0) is 61.4 Å². The van der Waals surface area contributed by atoms with Gasteiger partial charge in [0.05, 0.1) is 7.11 Å². The monoisotopic (exact) mass is 383 g/mol. The number of amides is 1. The van der Waals surface area contributed by atoms with Gasteiger partial charge in [-0.3, -0.25) is 4.79 Å². The van der Waals surface area contributed by atoms with Crippen LogP contribution in [0.2, 0.25) is 5.02 Å². The van der Waals surface area contributed by atoms with Gasteiger partial charge in [0.25, 0.3) is 5.91 Å². The first-order chi connectivity index (χ1) is 13.2. The summed E-state index contributed by atoms with van der Waals surface area (Å²) in [7, 11) is 1.60. The Balaban J connectivity index is 1.56. The normalized spacial score (nSPS) is 16.5. The van der Waals surface area contributed by atoms with E-state index in [0.29, 0.717) is 34.6 Å². The number of hydrogen-bond acceptors (Lipinski definition) is 5. The number of likely N-dealkylation sites (tertiary alicyclic amines) is 1. The van der Waals surface area contributed by atoms with Crippen LogP contribution < -0.4 is 4.74 Å². The van der Waals surface area contributed by atoms with Crippen molar-refractivity contribution >= 4 is 17.5 Å². The molecule has 2 heterocycles. The molecule has 4 rings (SSSR count). The van der Waals surface area contributed by atoms with Gasteiger partial charge in [0.1, 0.15) is 11.8 Å². The van der Waals surface area contributed by atoms with E-state index in [1.165, 1.54) is 0 Å². The Bertz CT molecular complexity index is 938. The first kappa shape index (κ1) is 17.5. The molecule has 1 saturated heterocycles. The van der Waals surface area contributed by atoms with Gasteiger partial charge >= 0.3 is 0 Å². The Morgan fingerprint density at radius 2 is 1.93 bits per heavy atom. The molecule has 1 aromatic heterocycles. The fourth-order valence-corrected chi connectivity index (χ4v) is 3.38. The highest BCUT2D eigenvalue weighted by Crippen LogP contribution is 2.33. The van der Waals surface area contributed by atoms with Crippen molar-refractivity contribution in [2.45, 2.75) is 18.9 Å². The number of carbonyl (C=O) groups excluding carboxylic acids is 1. The van der Waals surface area contributed by atoms with Gasteiger partial charge in [0.15, 0.2) is 0 Å². The number of aromatic nitrogens is 2. The standard InChI is InChI=1S/C20H18ClN3O3/c1-26-16-10-6-14(7-11-16)20(25)24-12-2-3-17(24)19-22-18(23-27-19)13-4-8-15(21)9-5-13/h4-11,17H,2-3,12H2,1H3. The zero-order valence-corrected chi connectivity index (χ0v) is 15.5. The number of benzene rings is 2. The van der Waals surface area contributed by atoms with Crippen LogP contribution in [0.5, 0.6) is 5.75 Å². The molecular weight excluding hydrogens is 366 g/mol. The van der Waals surface area contributed by atoms with Gasteiger partial charge in [0, 0.05) is 22.7 Å². The Labute approximate surface area is 161 Å². The zero-order chi connectivity index (χ0) is 18.8. The molecule has 0 N–H and O–H groups in total. The molecule has 0 radical (unpaired) electrons. The summed E-state index contributed by atoms with van der Waals surface area (Å²) in [5, 5.41) is 4.71. The summed E-state index contributed by atoms with van der Waals surface area (Å²) in [5.74, 6) is 1.62. The molecular formula is C20H18ClN3O3. The van der Waals surface area contributed by atoms with Crippen LogP contribution in [0.25, 0.3) is 11.4 Å². The van der Waals surface area contributed by atoms with Crippen molar-refractivity contribution in [1.82, 2.24) is 15.0 Å². The van der Waals surface area contributed by atoms with E-state index in [2.05, 4.69) is 10.1 Å². The molecule has 1 unspecified atom stereocenters. The number of methoxy groups -OCH3 is 1. The summed E-state index contributed by atoms with van der Waals surface area (Å²) in [6.07, 6.45) is 1.69. The van der Waals surface area contributed by atoms with Gasteiger partial charge in [-0.25, -0.2) is 0 Å². The largest absolute Gasteiger partial charge is 0.497 e. The van der Waals surface area contributed by atoms with Crippen LogP contribution in [0, 0.1) is 0 Å². The van der Waals surface area contributed by atoms with E-state index in [0.717, 1.165) is 18.4 Å². The lowest BCUT2D eigenvalue weighted by Gasteiger charge is -2.22. The SMILES string of the molecule is COc1ccc(C(=O)N2CCCC2c2nc(-c3ccc(Cl)cc3)no2)cc1. The topological polar surface area (TPSA) is 68.5 Å². The fraction of sp³-hybridized carbons (Fsp3) is 0.250. The third-order valence-electron chi connectivity index (χ3n) is 4.68. The van der Waals surface area contributed by atoms with E-state index in [9.17, 15) is 4.79 Å². The summed E-state index contributed by atoms with van der Waals surface area (Å²) >= 11 is 5.92. The number of hydrogen-bond donors (Lipinski definition) is 0. The first-order valence-corrected chi connectivity index (χ1v) is 9.08. The molecule has 1 fully saturated rings. The third-order valence-corrected chi connectivity index (χ3v) is 4.93. The Morgan fingerprint density at radius 1 is 1.19 bits per heavy atom. The van der Waals surface area contributed by atoms with E-state index in [-0.39, 0.29) is 11.9 Å². The van der Waals surface area contributed by atoms with Crippen LogP contribution in [-0.2, 0) is 0 Å². The molecule has 27 heavy (non-hydrogen) atoms. The van der Waals surface area contributed by atoms with Crippen molar-refractivity contribution < 1.29 is 14.1 Å². The molecule has 1 aliphatic heterocycles. The maximum absolute atomic E-state index is 12.9. The average Bonchev–Trinajstić information content (AvgIpc) is 3.37. The van der Waals surface area contributed by atoms with Gasteiger partial charge < -0.3 is 14.2 Å². The molecule has 2 aromatic carbocycles. The lowest BCUT2D eigenvalue weighted by molar-refractivity contribution is 0.0710. The molecule has 138 valence electrons. The molecule has 1 aliphatic rings. The number of halogens is 1. The van der Waals surface area contributed by atoms with Crippen LogP contribution in [0.1, 0.15) is 35.1 Å². The maximum atomic E-state index is 12.9. The Morgan fingerprint density at radius 3 is 2.63 bits per heavy atom. The molecule has 3 aromatic rings. The summed E-state index contributed by atoms with van der Waals surface area (Å²) in [4.78, 5) is 19.2. The molecule has 1 amide bonds. The Hall–Kier alpha value is -2.86. The molecule has 1 atom stereocenters. The van der Waals surface area contributed by atoms with E-state index in [1.807, 2.05) is 12.1 Å². The van der Waals surface area contributed by atoms with E-state index >= 15 is 0 Å². The number of rotatable bonds is 4. The molecule has 6 nitrogen and oxygen atoms in total. The van der Waals surface area contributed by atoms with E-state index < -0.39 is 0 Å². The second-order valence-corrected chi connectivity index (χ2v) is 6.78. The highest BCUT2D eigenvalue weighted by atomic mass is 35.5. The lowest BCUT2D eigenvalue weighted by atomic mass is 10.1. The van der Waals surface area contributed by atoms with Crippen LogP contribution in [0.3, 0.4) is 0 Å². The molecule has 0 saturated carbocycles. The van der Waals surface area contributed by atoms with E-state index in [4.69, 9.17) is 20.9 Å². The first-order valence-electron chi connectivity index (χ1n) is 8.70. The second-order valence-electron chi connectivity index (χ2n) is 6.35. The second kappa shape index (κ2) is 7.40. The minimum Gasteiger partial charge on any atom is -0.497 e. The van der Waals surface area contributed by atoms with Gasteiger partial charge in [-0.2, -0.15) is 4.98 Å². The zero-order valence-electron chi connectivity index (χ0n) is 14.8. The highest BCUT2D eigenvalue weighted by molar-refractivity contribution is 6.30. The van der Waals surface area contributed by atoms with Crippen molar-refractivity contribution in [3.63, 3.8) is 0 Å². The molecule has 0 bridgehead atoms. The third kappa shape index (κ3) is 3.53. The van der Waals surface area contributed by atoms with Crippen molar-refractivity contribution in [2.24, 2.45) is 0 Å². The summed E-state index contributed by atoms with van der Waals surface area (Å²) < 4.78 is 10.6. The van der Waals surface area contributed by atoms with Crippen molar-refractivity contribution in [3.05, 3.63) is 65.0 Å². The van der Waals surface area contributed by atoms with E-state index in [1.54, 1.807) is 48.4 Å². The van der Waals surface area contributed by atoms with Gasteiger partial charge in [-0.1, -0.05) is 16.8 Å². The average molecular weight is 384 g/mol. The molecule has 7 heteroatoms. The van der Waals surface area contributed by atoms with Crippen LogP contribution in [0.15, 0.2) is 53.1 Å². The predicted octanol–water partition coefficient (Wildman–Crippen LogP) is 4.38. The van der Waals surface area contributed by atoms with Gasteiger partial charge in [-0.15, -0.1) is 0 Å². The van der Waals surface area contributed by atoms with Crippen LogP contribution in [0.4, 0.5) is 0 Å². The molecule has 0 aliphatic carbocycles. The predicted molar refractivity (Wildman–Crippen MR) is 101 cm³/mol. The molecule has 0 spiro atoms. The summed E-state index contributed by atoms with van der Waals surface area (Å²) in [6.45, 7) is 0.661. The number of nitrogens with zero attached hydrogens (tertiary/aromatic N) is 3. The van der Waals surface area contributed by atoms with Crippen LogP contribution in [-0.4, -0.2) is 34.6 Å². The summed E-state index contributed by atoms with van der Waals surface area (Å²) in [6, 6.07) is 14.1. The summed E-state index contributed by atoms with van der Waals surface area (Å²) in [5.41, 5.74) is 1.43. The van der Waals surface area contributed by atoms with Gasteiger partial charge in [0.2, 0.25) is 11.7 Å². The highest BCUT2D eigenvalue weighted by Gasteiger charge is 2.34. The Kier molecular flexibility index (Phi) is 4.81. The quantitative estimate of drug-likeness (QED) is 0.668. The lowest BCUT2D eigenvalue weighted by Crippen LogP contribution is -2.30. The van der Waals surface area contributed by atoms with Crippen molar-refractivity contribution in [1.29, 1.82) is 0 Å². The fourth-order valence-electron chi connectivity index (χ4n) is 3.25. The number of ether oxygens (including phenoxy) is 1. The van der Waals surface area contributed by atoms with Crippen molar-refractivity contribution in [2.75, 3.05) is 13.7 Å². The van der Waals surface area contributed by atoms with Crippen molar-refractivity contribution in [3.8, 4) is 17.1 Å². The smallest absolute Gasteiger partial charge is 0.254 e. The minimum atomic E-state index is -0.215. The number of carbonyl (C=O) groups is 1. The minimum absolute atomic E-state index is 0.0496. The maximum Gasteiger partial charge on any atom is 0.254 e. The van der Waals surface area contributed by atoms with Crippen LogP contribution >= 0.6 is 11.6 Å².